The van der Waals surface area contributed by atoms with Gasteiger partial charge in [0.05, 0.1) is 19.0 Å². The number of rotatable bonds is 4. The van der Waals surface area contributed by atoms with E-state index in [1.54, 1.807) is 32.3 Å². The lowest BCUT2D eigenvalue weighted by molar-refractivity contribution is -0.126. The zero-order valence-corrected chi connectivity index (χ0v) is 10.0. The number of amides is 1. The maximum absolute atomic E-state index is 11.4. The summed E-state index contributed by atoms with van der Waals surface area (Å²) in [4.78, 5) is 12.9. The Morgan fingerprint density at radius 2 is 2.24 bits per heavy atom. The molecular weight excluding hydrogens is 216 g/mol. The van der Waals surface area contributed by atoms with Gasteiger partial charge in [0.15, 0.2) is 0 Å². The van der Waals surface area contributed by atoms with Crippen molar-refractivity contribution in [2.75, 3.05) is 31.7 Å². The third-order valence-corrected chi connectivity index (χ3v) is 2.36. The summed E-state index contributed by atoms with van der Waals surface area (Å²) in [5, 5.41) is 11.6. The first-order valence-corrected chi connectivity index (χ1v) is 5.24. The van der Waals surface area contributed by atoms with Crippen LogP contribution in [0.1, 0.15) is 5.56 Å². The molecule has 5 nitrogen and oxygen atoms in total. The Balaban J connectivity index is 2.70. The number of nitriles is 1. The monoisotopic (exact) mass is 232 g/mol. The van der Waals surface area contributed by atoms with Gasteiger partial charge in [-0.05, 0) is 23.8 Å². The van der Waals surface area contributed by atoms with Crippen molar-refractivity contribution in [2.24, 2.45) is 0 Å². The number of carbonyl (C=O) groups excluding carboxylic acids is 1. The van der Waals surface area contributed by atoms with Gasteiger partial charge in [-0.1, -0.05) is 0 Å². The van der Waals surface area contributed by atoms with E-state index in [4.69, 9.17) is 11.0 Å². The largest absolute Gasteiger partial charge is 0.398 e. The number of nitrogens with zero attached hydrogens (tertiary/aromatic N) is 2. The van der Waals surface area contributed by atoms with E-state index in [0.717, 1.165) is 11.3 Å². The molecule has 0 atom stereocenters. The van der Waals surface area contributed by atoms with Crippen LogP contribution in [0.3, 0.4) is 0 Å². The molecule has 0 heterocycles. The number of hydrogen-bond acceptors (Lipinski definition) is 4. The van der Waals surface area contributed by atoms with Crippen LogP contribution in [-0.4, -0.2) is 31.4 Å². The molecule has 0 aliphatic carbocycles. The molecule has 0 spiro atoms. The van der Waals surface area contributed by atoms with Crippen LogP contribution >= 0.6 is 0 Å². The van der Waals surface area contributed by atoms with Gasteiger partial charge in [-0.25, -0.2) is 0 Å². The van der Waals surface area contributed by atoms with Crippen molar-refractivity contribution < 1.29 is 4.79 Å². The van der Waals surface area contributed by atoms with Crippen LogP contribution in [0.25, 0.3) is 0 Å². The molecule has 1 rings (SSSR count). The van der Waals surface area contributed by atoms with Crippen LogP contribution in [0.5, 0.6) is 0 Å². The lowest BCUT2D eigenvalue weighted by Gasteiger charge is -2.12. The summed E-state index contributed by atoms with van der Waals surface area (Å²) in [6.45, 7) is 0.225. The van der Waals surface area contributed by atoms with Gasteiger partial charge >= 0.3 is 0 Å². The average Bonchev–Trinajstić information content (AvgIpc) is 2.29. The maximum Gasteiger partial charge on any atom is 0.241 e. The van der Waals surface area contributed by atoms with Crippen LogP contribution < -0.4 is 11.1 Å². The van der Waals surface area contributed by atoms with Gasteiger partial charge in [0, 0.05) is 25.5 Å². The highest BCUT2D eigenvalue weighted by Gasteiger charge is 2.05. The van der Waals surface area contributed by atoms with Gasteiger partial charge in [0.25, 0.3) is 0 Å². The number of anilines is 2. The molecule has 5 heteroatoms. The van der Waals surface area contributed by atoms with Crippen LogP contribution in [0.4, 0.5) is 11.4 Å². The summed E-state index contributed by atoms with van der Waals surface area (Å²) in [5.41, 5.74) is 7.88. The highest BCUT2D eigenvalue weighted by molar-refractivity contribution is 5.80. The maximum atomic E-state index is 11.4. The zero-order chi connectivity index (χ0) is 12.8. The van der Waals surface area contributed by atoms with Crippen LogP contribution in [0.15, 0.2) is 18.2 Å². The fourth-order valence-electron chi connectivity index (χ4n) is 1.29. The molecule has 0 saturated heterocycles. The van der Waals surface area contributed by atoms with Crippen LogP contribution in [-0.2, 0) is 11.2 Å². The Labute approximate surface area is 101 Å². The molecule has 0 unspecified atom stereocenters. The fourth-order valence-corrected chi connectivity index (χ4v) is 1.29. The van der Waals surface area contributed by atoms with Gasteiger partial charge < -0.3 is 16.0 Å². The molecule has 0 radical (unpaired) electrons. The highest BCUT2D eigenvalue weighted by Crippen LogP contribution is 2.18. The lowest BCUT2D eigenvalue weighted by Crippen LogP contribution is -2.28. The average molecular weight is 232 g/mol. The minimum atomic E-state index is -0.0105. The summed E-state index contributed by atoms with van der Waals surface area (Å²) in [6.07, 6.45) is 0.267. The predicted molar refractivity (Wildman–Crippen MR) is 67.4 cm³/mol. The molecule has 0 aliphatic rings. The first-order valence-electron chi connectivity index (χ1n) is 5.24. The molecule has 3 N–H and O–H groups in total. The normalized spacial score (nSPS) is 9.47. The van der Waals surface area contributed by atoms with Crippen molar-refractivity contribution in [3.8, 4) is 6.07 Å². The Morgan fingerprint density at radius 1 is 1.53 bits per heavy atom. The van der Waals surface area contributed by atoms with E-state index >= 15 is 0 Å². The predicted octanol–water partition coefficient (Wildman–Crippen LogP) is 0.835. The minimum Gasteiger partial charge on any atom is -0.398 e. The Kier molecular flexibility index (Phi) is 4.35. The molecule has 17 heavy (non-hydrogen) atoms. The smallest absolute Gasteiger partial charge is 0.241 e. The lowest BCUT2D eigenvalue weighted by atomic mass is 10.1. The second-order valence-electron chi connectivity index (χ2n) is 3.89. The first kappa shape index (κ1) is 12.8. The van der Waals surface area contributed by atoms with Crippen molar-refractivity contribution in [1.82, 2.24) is 4.90 Å². The minimum absolute atomic E-state index is 0.0105. The van der Waals surface area contributed by atoms with E-state index in [1.807, 2.05) is 0 Å². The summed E-state index contributed by atoms with van der Waals surface area (Å²) >= 11 is 0. The van der Waals surface area contributed by atoms with Gasteiger partial charge in [0.1, 0.15) is 0 Å². The molecule has 1 amide bonds. The van der Waals surface area contributed by atoms with Crippen molar-refractivity contribution in [1.29, 1.82) is 5.26 Å². The van der Waals surface area contributed by atoms with Gasteiger partial charge in [-0.3, -0.25) is 4.79 Å². The number of nitrogens with one attached hydrogen (secondary N) is 1. The number of nitrogen functional groups attached to an aromatic ring is 1. The summed E-state index contributed by atoms with van der Waals surface area (Å²) in [6, 6.07) is 7.37. The molecule has 0 aliphatic heterocycles. The topological polar surface area (TPSA) is 82.2 Å². The SMILES string of the molecule is CN(C)C(=O)CNc1ccc(N)c(CC#N)c1. The zero-order valence-electron chi connectivity index (χ0n) is 10.0. The van der Waals surface area contributed by atoms with Crippen molar-refractivity contribution in [2.45, 2.75) is 6.42 Å². The number of carbonyl (C=O) groups is 1. The molecular formula is C12H16N4O. The van der Waals surface area contributed by atoms with E-state index in [2.05, 4.69) is 11.4 Å². The van der Waals surface area contributed by atoms with E-state index in [0.29, 0.717) is 5.69 Å². The number of benzene rings is 1. The molecule has 0 fully saturated rings. The van der Waals surface area contributed by atoms with E-state index < -0.39 is 0 Å². The Morgan fingerprint density at radius 3 is 2.82 bits per heavy atom. The summed E-state index contributed by atoms with van der Waals surface area (Å²) in [5.74, 6) is -0.0105. The second kappa shape index (κ2) is 5.75. The molecule has 0 bridgehead atoms. The molecule has 0 aromatic heterocycles. The van der Waals surface area contributed by atoms with Gasteiger partial charge in [-0.2, -0.15) is 5.26 Å². The molecule has 1 aromatic rings. The Hall–Kier alpha value is -2.22. The molecule has 90 valence electrons. The quantitative estimate of drug-likeness (QED) is 0.753. The molecule has 0 saturated carbocycles. The number of hydrogen-bond donors (Lipinski definition) is 2. The number of nitrogens with two attached hydrogens (primary N) is 1. The van der Waals surface area contributed by atoms with Crippen molar-refractivity contribution in [3.05, 3.63) is 23.8 Å². The van der Waals surface area contributed by atoms with E-state index in [-0.39, 0.29) is 18.9 Å². The third-order valence-electron chi connectivity index (χ3n) is 2.36. The molecule has 1 aromatic carbocycles. The van der Waals surface area contributed by atoms with Crippen LogP contribution in [0.2, 0.25) is 0 Å². The summed E-state index contributed by atoms with van der Waals surface area (Å²) in [7, 11) is 3.40. The Bertz CT molecular complexity index is 448. The van der Waals surface area contributed by atoms with Crippen molar-refractivity contribution in [3.63, 3.8) is 0 Å². The van der Waals surface area contributed by atoms with E-state index in [9.17, 15) is 4.79 Å². The second-order valence-corrected chi connectivity index (χ2v) is 3.89. The fraction of sp³-hybridized carbons (Fsp3) is 0.333. The number of likely N-dealkylation sites (N-methyl/N-ethyl adjacent to an activating group) is 1. The third kappa shape index (κ3) is 3.68. The van der Waals surface area contributed by atoms with Crippen molar-refractivity contribution >= 4 is 17.3 Å². The van der Waals surface area contributed by atoms with Crippen LogP contribution in [0, 0.1) is 11.3 Å². The van der Waals surface area contributed by atoms with Gasteiger partial charge in [0.2, 0.25) is 5.91 Å². The highest BCUT2D eigenvalue weighted by atomic mass is 16.2. The summed E-state index contributed by atoms with van der Waals surface area (Å²) < 4.78 is 0. The van der Waals surface area contributed by atoms with Gasteiger partial charge in [-0.15, -0.1) is 0 Å². The standard InChI is InChI=1S/C12H16N4O/c1-16(2)12(17)8-15-10-3-4-11(14)9(7-10)5-6-13/h3-4,7,15H,5,8,14H2,1-2H3. The van der Waals surface area contributed by atoms with E-state index in [1.165, 1.54) is 4.90 Å². The first-order chi connectivity index (χ1) is 8.04.